The largest absolute Gasteiger partial charge is 0.350 e. The van der Waals surface area contributed by atoms with Gasteiger partial charge in [-0.2, -0.15) is 0 Å². The lowest BCUT2D eigenvalue weighted by Gasteiger charge is -2.22. The summed E-state index contributed by atoms with van der Waals surface area (Å²) in [6.45, 7) is 3.39. The minimum absolute atomic E-state index is 0.207. The Morgan fingerprint density at radius 1 is 1.43 bits per heavy atom. The summed E-state index contributed by atoms with van der Waals surface area (Å²) in [7, 11) is 0. The Morgan fingerprint density at radius 2 is 2.39 bits per heavy atom. The molecule has 0 radical (unpaired) electrons. The van der Waals surface area contributed by atoms with E-state index in [0.29, 0.717) is 24.6 Å². The van der Waals surface area contributed by atoms with Crippen LogP contribution in [0.15, 0.2) is 24.8 Å². The second kappa shape index (κ2) is 7.77. The molecule has 3 heterocycles. The molecule has 3 rings (SSSR count). The van der Waals surface area contributed by atoms with Crippen LogP contribution in [0, 0.1) is 5.92 Å². The minimum Gasteiger partial charge on any atom is -0.350 e. The maximum absolute atomic E-state index is 12.1. The van der Waals surface area contributed by atoms with E-state index in [0.717, 1.165) is 25.3 Å². The molecule has 0 saturated carbocycles. The van der Waals surface area contributed by atoms with Crippen molar-refractivity contribution in [2.45, 2.75) is 25.8 Å². The summed E-state index contributed by atoms with van der Waals surface area (Å²) < 4.78 is 1.76. The molecule has 2 aromatic rings. The van der Waals surface area contributed by atoms with E-state index >= 15 is 0 Å². The smallest absolute Gasteiger partial charge is 0.273 e. The first-order valence-corrected chi connectivity index (χ1v) is 7.95. The number of nitrogens with one attached hydrogen (secondary N) is 2. The van der Waals surface area contributed by atoms with Crippen LogP contribution in [0.5, 0.6) is 0 Å². The van der Waals surface area contributed by atoms with Crippen molar-refractivity contribution < 1.29 is 4.79 Å². The molecular formula is C15H21N7O. The van der Waals surface area contributed by atoms with Crippen LogP contribution in [-0.4, -0.2) is 50.5 Å². The van der Waals surface area contributed by atoms with Crippen LogP contribution < -0.4 is 10.6 Å². The molecule has 2 N–H and O–H groups in total. The predicted molar refractivity (Wildman–Crippen MR) is 83.7 cm³/mol. The van der Waals surface area contributed by atoms with Gasteiger partial charge >= 0.3 is 0 Å². The van der Waals surface area contributed by atoms with Gasteiger partial charge in [-0.15, -0.1) is 5.10 Å². The number of aromatic nitrogens is 5. The molecule has 8 nitrogen and oxygen atoms in total. The van der Waals surface area contributed by atoms with Gasteiger partial charge in [0, 0.05) is 38.1 Å². The molecule has 1 aliphatic rings. The van der Waals surface area contributed by atoms with Gasteiger partial charge in [-0.25, -0.2) is 0 Å². The van der Waals surface area contributed by atoms with Crippen molar-refractivity contribution in [2.24, 2.45) is 5.92 Å². The van der Waals surface area contributed by atoms with Crippen molar-refractivity contribution in [1.82, 2.24) is 35.6 Å². The molecule has 1 fully saturated rings. The van der Waals surface area contributed by atoms with E-state index in [1.807, 2.05) is 0 Å². The lowest BCUT2D eigenvalue weighted by atomic mass is 10.00. The van der Waals surface area contributed by atoms with Crippen molar-refractivity contribution in [3.05, 3.63) is 36.2 Å². The van der Waals surface area contributed by atoms with Crippen molar-refractivity contribution >= 4 is 5.91 Å². The highest BCUT2D eigenvalue weighted by Crippen LogP contribution is 2.11. The molecule has 8 heteroatoms. The number of carbonyl (C=O) groups excluding carboxylic acids is 1. The molecule has 0 aromatic carbocycles. The zero-order valence-corrected chi connectivity index (χ0v) is 13.0. The van der Waals surface area contributed by atoms with E-state index in [1.54, 1.807) is 29.5 Å². The highest BCUT2D eigenvalue weighted by Gasteiger charge is 2.16. The molecular weight excluding hydrogens is 294 g/mol. The molecule has 1 aliphatic heterocycles. The second-order valence-electron chi connectivity index (χ2n) is 5.74. The minimum atomic E-state index is -0.207. The lowest BCUT2D eigenvalue weighted by molar-refractivity contribution is 0.0949. The third-order valence-electron chi connectivity index (χ3n) is 3.90. The van der Waals surface area contributed by atoms with Crippen molar-refractivity contribution in [3.8, 4) is 0 Å². The summed E-state index contributed by atoms with van der Waals surface area (Å²) in [6.07, 6.45) is 9.70. The zero-order valence-electron chi connectivity index (χ0n) is 13.0. The van der Waals surface area contributed by atoms with Crippen LogP contribution in [-0.2, 0) is 13.0 Å². The van der Waals surface area contributed by atoms with Crippen molar-refractivity contribution in [3.63, 3.8) is 0 Å². The molecule has 0 bridgehead atoms. The molecule has 122 valence electrons. The van der Waals surface area contributed by atoms with Crippen molar-refractivity contribution in [1.29, 1.82) is 0 Å². The first-order chi connectivity index (χ1) is 11.3. The molecule has 0 aliphatic carbocycles. The fourth-order valence-electron chi connectivity index (χ4n) is 2.69. The molecule has 1 unspecified atom stereocenters. The van der Waals surface area contributed by atoms with E-state index in [9.17, 15) is 4.79 Å². The average Bonchev–Trinajstić information content (AvgIpc) is 3.05. The van der Waals surface area contributed by atoms with E-state index in [4.69, 9.17) is 0 Å². The number of hydrogen-bond donors (Lipinski definition) is 2. The average molecular weight is 315 g/mol. The number of rotatable bonds is 6. The predicted octanol–water partition coefficient (Wildman–Crippen LogP) is 0.0402. The van der Waals surface area contributed by atoms with Gasteiger partial charge in [0.15, 0.2) is 5.69 Å². The second-order valence-corrected chi connectivity index (χ2v) is 5.74. The fourth-order valence-corrected chi connectivity index (χ4v) is 2.69. The van der Waals surface area contributed by atoms with Crippen LogP contribution in [0.4, 0.5) is 0 Å². The summed E-state index contributed by atoms with van der Waals surface area (Å²) in [5, 5.41) is 14.2. The maximum atomic E-state index is 12.1. The van der Waals surface area contributed by atoms with Gasteiger partial charge < -0.3 is 10.6 Å². The monoisotopic (exact) mass is 315 g/mol. The number of hydrogen-bond acceptors (Lipinski definition) is 6. The Labute approximate surface area is 134 Å². The van der Waals surface area contributed by atoms with E-state index in [-0.39, 0.29) is 5.91 Å². The van der Waals surface area contributed by atoms with Gasteiger partial charge in [0.1, 0.15) is 0 Å². The van der Waals surface area contributed by atoms with Gasteiger partial charge in [-0.05, 0) is 31.8 Å². The topological polar surface area (TPSA) is 97.6 Å². The first-order valence-electron chi connectivity index (χ1n) is 7.95. The van der Waals surface area contributed by atoms with E-state index in [1.165, 1.54) is 12.8 Å². The van der Waals surface area contributed by atoms with Crippen LogP contribution in [0.25, 0.3) is 0 Å². The van der Waals surface area contributed by atoms with Crippen LogP contribution >= 0.6 is 0 Å². The zero-order chi connectivity index (χ0) is 15.9. The Hall–Kier alpha value is -2.35. The number of amides is 1. The first kappa shape index (κ1) is 15.5. The highest BCUT2D eigenvalue weighted by atomic mass is 16.2. The number of carbonyl (C=O) groups is 1. The van der Waals surface area contributed by atoms with Crippen LogP contribution in [0.1, 0.15) is 29.0 Å². The van der Waals surface area contributed by atoms with E-state index in [2.05, 4.69) is 30.9 Å². The SMILES string of the molecule is O=C(NCCc1cnccn1)c1cn(CC2CCCNC2)nn1. The van der Waals surface area contributed by atoms with E-state index < -0.39 is 0 Å². The molecule has 2 aromatic heterocycles. The highest BCUT2D eigenvalue weighted by molar-refractivity contribution is 5.91. The van der Waals surface area contributed by atoms with Gasteiger partial charge in [0.25, 0.3) is 5.91 Å². The summed E-state index contributed by atoms with van der Waals surface area (Å²) in [5.41, 5.74) is 1.20. The summed E-state index contributed by atoms with van der Waals surface area (Å²) in [5.74, 6) is 0.347. The third-order valence-corrected chi connectivity index (χ3v) is 3.90. The Kier molecular flexibility index (Phi) is 5.25. The molecule has 1 atom stereocenters. The summed E-state index contributed by atoms with van der Waals surface area (Å²) >= 11 is 0. The number of nitrogens with zero attached hydrogens (tertiary/aromatic N) is 5. The molecule has 1 amide bonds. The standard InChI is InChI=1S/C15H21N7O/c23-15(19-5-3-13-9-17-6-7-18-13)14-11-22(21-20-14)10-12-2-1-4-16-8-12/h6-7,9,11-12,16H,1-5,8,10H2,(H,19,23). The fraction of sp³-hybridized carbons (Fsp3) is 0.533. The molecule has 23 heavy (non-hydrogen) atoms. The Bertz CT molecular complexity index is 622. The molecule has 0 spiro atoms. The van der Waals surface area contributed by atoms with Gasteiger partial charge in [-0.3, -0.25) is 19.4 Å². The van der Waals surface area contributed by atoms with Crippen LogP contribution in [0.2, 0.25) is 0 Å². The van der Waals surface area contributed by atoms with Gasteiger partial charge in [0.2, 0.25) is 0 Å². The van der Waals surface area contributed by atoms with Gasteiger partial charge in [0.05, 0.1) is 11.9 Å². The quantitative estimate of drug-likeness (QED) is 0.781. The van der Waals surface area contributed by atoms with Gasteiger partial charge in [-0.1, -0.05) is 5.21 Å². The summed E-state index contributed by atoms with van der Waals surface area (Å²) in [6, 6.07) is 0. The van der Waals surface area contributed by atoms with Crippen molar-refractivity contribution in [2.75, 3.05) is 19.6 Å². The Balaban J connectivity index is 1.46. The normalized spacial score (nSPS) is 17.8. The number of piperidine rings is 1. The maximum Gasteiger partial charge on any atom is 0.273 e. The third kappa shape index (κ3) is 4.56. The summed E-state index contributed by atoms with van der Waals surface area (Å²) in [4.78, 5) is 20.2. The Morgan fingerprint density at radius 3 is 3.17 bits per heavy atom. The van der Waals surface area contributed by atoms with Crippen LogP contribution in [0.3, 0.4) is 0 Å². The molecule has 1 saturated heterocycles. The lowest BCUT2D eigenvalue weighted by Crippen LogP contribution is -2.32.